The number of carboxylic acid groups (broad SMARTS) is 1. The number of carbonyl (C=O) groups excluding carboxylic acids is 1. The lowest BCUT2D eigenvalue weighted by Crippen LogP contribution is -2.68. The molecule has 0 spiro atoms. The summed E-state index contributed by atoms with van der Waals surface area (Å²) in [5, 5.41) is 9.76. The highest BCUT2D eigenvalue weighted by molar-refractivity contribution is 8.01. The van der Waals surface area contributed by atoms with Gasteiger partial charge in [-0.2, -0.15) is 4.98 Å². The number of hydrogen-bond acceptors (Lipinski definition) is 8. The molecule has 1 saturated heterocycles. The molecule has 0 aromatic carbocycles. The lowest BCUT2D eigenvalue weighted by atomic mass is 10.0. The molecule has 3 heterocycles. The van der Waals surface area contributed by atoms with Crippen LogP contribution in [-0.4, -0.2) is 61.1 Å². The highest BCUT2D eigenvalue weighted by Crippen LogP contribution is 2.40. The number of aliphatic carboxylic acids is 1. The molecule has 9 nitrogen and oxygen atoms in total. The Morgan fingerprint density at radius 3 is 2.93 bits per heavy atom. The van der Waals surface area contributed by atoms with Gasteiger partial charge in [0.2, 0.25) is 5.91 Å². The second-order valence-electron chi connectivity index (χ2n) is 6.51. The highest BCUT2D eigenvalue weighted by Gasteiger charge is 2.51. The monoisotopic (exact) mass is 426 g/mol. The summed E-state index contributed by atoms with van der Waals surface area (Å²) in [7, 11) is 0. The number of carboxylic acids is 1. The van der Waals surface area contributed by atoms with Gasteiger partial charge in [-0.15, -0.1) is 28.3 Å². The zero-order valence-electron chi connectivity index (χ0n) is 15.6. The van der Waals surface area contributed by atoms with Crippen LogP contribution < -0.4 is 16.3 Å². The fraction of sp³-hybridized carbons (Fsp3) is 0.529. The normalized spacial score (nSPS) is 21.4. The number of nitrogens with zero attached hydrogens (tertiary/aromatic N) is 3. The van der Waals surface area contributed by atoms with Crippen molar-refractivity contribution in [2.45, 2.75) is 43.1 Å². The van der Waals surface area contributed by atoms with E-state index in [1.807, 2.05) is 13.8 Å². The molecule has 1 fully saturated rings. The predicted octanol–water partition coefficient (Wildman–Crippen LogP) is 0.454. The Bertz CT molecular complexity index is 885. The maximum atomic E-state index is 12.1. The van der Waals surface area contributed by atoms with Crippen LogP contribution >= 0.6 is 23.5 Å². The third-order valence-electron chi connectivity index (χ3n) is 4.44. The summed E-state index contributed by atoms with van der Waals surface area (Å²) in [6.07, 6.45) is 3.38. The van der Waals surface area contributed by atoms with E-state index in [9.17, 15) is 19.5 Å². The van der Waals surface area contributed by atoms with Crippen molar-refractivity contribution in [3.63, 3.8) is 0 Å². The SMILES string of the molecule is CCCCOn1cc(C)c(SCC2=C(C(=O)O)N3C(=O)C(N)[C@H]3SC2)nc1=O. The Morgan fingerprint density at radius 1 is 1.50 bits per heavy atom. The number of nitrogens with two attached hydrogens (primary N) is 1. The molecule has 0 aliphatic carbocycles. The van der Waals surface area contributed by atoms with E-state index in [4.69, 9.17) is 10.6 Å². The van der Waals surface area contributed by atoms with E-state index in [2.05, 4.69) is 4.98 Å². The predicted molar refractivity (Wildman–Crippen MR) is 106 cm³/mol. The minimum atomic E-state index is -1.15. The quantitative estimate of drug-likeness (QED) is 0.264. The number of carbonyl (C=O) groups is 2. The summed E-state index contributed by atoms with van der Waals surface area (Å²) in [5.41, 5.74) is 6.60. The Balaban J connectivity index is 1.76. The Morgan fingerprint density at radius 2 is 2.25 bits per heavy atom. The molecule has 2 atom stereocenters. The lowest BCUT2D eigenvalue weighted by Gasteiger charge is -2.48. The maximum absolute atomic E-state index is 12.1. The van der Waals surface area contributed by atoms with Gasteiger partial charge in [-0.3, -0.25) is 9.69 Å². The van der Waals surface area contributed by atoms with Crippen LogP contribution in [0.3, 0.4) is 0 Å². The minimum Gasteiger partial charge on any atom is -0.477 e. The molecule has 2 aliphatic heterocycles. The van der Waals surface area contributed by atoms with Crippen LogP contribution in [-0.2, 0) is 9.59 Å². The van der Waals surface area contributed by atoms with E-state index in [0.717, 1.165) is 23.1 Å². The van der Waals surface area contributed by atoms with Crippen molar-refractivity contribution in [2.75, 3.05) is 18.1 Å². The zero-order chi connectivity index (χ0) is 20.4. The topological polar surface area (TPSA) is 128 Å². The average Bonchev–Trinajstić information content (AvgIpc) is 2.67. The summed E-state index contributed by atoms with van der Waals surface area (Å²) in [6, 6.07) is -0.655. The van der Waals surface area contributed by atoms with Gasteiger partial charge in [-0.25, -0.2) is 9.59 Å². The molecule has 152 valence electrons. The van der Waals surface area contributed by atoms with Gasteiger partial charge in [0.25, 0.3) is 0 Å². The van der Waals surface area contributed by atoms with Crippen molar-refractivity contribution in [3.8, 4) is 0 Å². The molecule has 0 radical (unpaired) electrons. The number of rotatable bonds is 8. The first-order chi connectivity index (χ1) is 13.3. The number of β-lactam (4-membered cyclic amide) rings is 1. The molecule has 2 aliphatic rings. The summed E-state index contributed by atoms with van der Waals surface area (Å²) < 4.78 is 1.12. The highest BCUT2D eigenvalue weighted by atomic mass is 32.2. The van der Waals surface area contributed by atoms with E-state index in [-0.39, 0.29) is 17.0 Å². The smallest absolute Gasteiger partial charge is 0.381 e. The molecule has 1 aromatic heterocycles. The minimum absolute atomic E-state index is 0.00292. The number of amides is 1. The zero-order valence-corrected chi connectivity index (χ0v) is 17.2. The number of aromatic nitrogens is 2. The molecule has 1 aromatic rings. The first kappa shape index (κ1) is 20.7. The van der Waals surface area contributed by atoms with E-state index in [1.54, 1.807) is 6.20 Å². The second kappa shape index (κ2) is 8.58. The van der Waals surface area contributed by atoms with Gasteiger partial charge in [0.05, 0.1) is 6.20 Å². The number of thioether (sulfide) groups is 2. The molecule has 1 unspecified atom stereocenters. The number of hydrogen-bond donors (Lipinski definition) is 2. The first-order valence-electron chi connectivity index (χ1n) is 8.87. The van der Waals surface area contributed by atoms with Crippen LogP contribution in [0.15, 0.2) is 27.3 Å². The van der Waals surface area contributed by atoms with Crippen LogP contribution in [0.25, 0.3) is 0 Å². The van der Waals surface area contributed by atoms with Gasteiger partial charge in [0.15, 0.2) is 0 Å². The van der Waals surface area contributed by atoms with E-state index < -0.39 is 17.7 Å². The fourth-order valence-corrected chi connectivity index (χ4v) is 5.30. The molecule has 0 bridgehead atoms. The molecule has 0 saturated carbocycles. The van der Waals surface area contributed by atoms with Crippen LogP contribution in [0, 0.1) is 6.92 Å². The fourth-order valence-electron chi connectivity index (χ4n) is 2.90. The van der Waals surface area contributed by atoms with Crippen molar-refractivity contribution < 1.29 is 19.5 Å². The first-order valence-corrected chi connectivity index (χ1v) is 10.9. The molecular formula is C17H22N4O5S2. The van der Waals surface area contributed by atoms with Crippen LogP contribution in [0.2, 0.25) is 0 Å². The summed E-state index contributed by atoms with van der Waals surface area (Å²) in [4.78, 5) is 46.5. The number of unbranched alkanes of at least 4 members (excludes halogenated alkanes) is 1. The molecule has 3 N–H and O–H groups in total. The van der Waals surface area contributed by atoms with Crippen LogP contribution in [0.5, 0.6) is 0 Å². The third-order valence-corrected chi connectivity index (χ3v) is 6.98. The molecule has 11 heteroatoms. The maximum Gasteiger partial charge on any atom is 0.381 e. The standard InChI is InChI=1S/C17H22N4O5S2/c1-3-4-5-26-20-6-9(2)13(19-17(20)25)27-7-10-8-28-15-11(18)14(22)21(15)12(10)16(23)24/h6,11,15H,3-5,7-8,18H2,1-2H3,(H,23,24)/t11?,15-/m1/s1. The Hall–Kier alpha value is -1.98. The van der Waals surface area contributed by atoms with Gasteiger partial charge >= 0.3 is 11.7 Å². The van der Waals surface area contributed by atoms with Crippen LogP contribution in [0.1, 0.15) is 25.3 Å². The van der Waals surface area contributed by atoms with E-state index >= 15 is 0 Å². The average molecular weight is 427 g/mol. The van der Waals surface area contributed by atoms with Gasteiger partial charge in [-0.05, 0) is 18.9 Å². The van der Waals surface area contributed by atoms with Crippen molar-refractivity contribution in [1.29, 1.82) is 0 Å². The molecule has 1 amide bonds. The van der Waals surface area contributed by atoms with Gasteiger partial charge in [-0.1, -0.05) is 13.3 Å². The van der Waals surface area contributed by atoms with E-state index in [0.29, 0.717) is 28.7 Å². The van der Waals surface area contributed by atoms with Gasteiger partial charge in [0, 0.05) is 17.1 Å². The van der Waals surface area contributed by atoms with E-state index in [1.165, 1.54) is 28.4 Å². The lowest BCUT2D eigenvalue weighted by molar-refractivity contribution is -0.147. The Labute approximate surface area is 170 Å². The van der Waals surface area contributed by atoms with Crippen molar-refractivity contribution in [3.05, 3.63) is 33.5 Å². The number of aryl methyl sites for hydroxylation is 1. The molecule has 3 rings (SSSR count). The third kappa shape index (κ3) is 3.91. The number of fused-ring (bicyclic) bond motifs is 1. The van der Waals surface area contributed by atoms with Crippen LogP contribution in [0.4, 0.5) is 0 Å². The van der Waals surface area contributed by atoms with Gasteiger partial charge in [0.1, 0.15) is 28.7 Å². The molecular weight excluding hydrogens is 404 g/mol. The van der Waals surface area contributed by atoms with Gasteiger partial charge < -0.3 is 15.7 Å². The summed E-state index contributed by atoms with van der Waals surface area (Å²) in [5.74, 6) is -0.745. The largest absolute Gasteiger partial charge is 0.477 e. The molecule has 28 heavy (non-hydrogen) atoms. The second-order valence-corrected chi connectivity index (χ2v) is 8.57. The van der Waals surface area contributed by atoms with Crippen molar-refractivity contribution >= 4 is 35.4 Å². The summed E-state index contributed by atoms with van der Waals surface area (Å²) in [6.45, 7) is 4.27. The van der Waals surface area contributed by atoms with Crippen molar-refractivity contribution in [1.82, 2.24) is 14.6 Å². The Kier molecular flexibility index (Phi) is 6.36. The summed E-state index contributed by atoms with van der Waals surface area (Å²) >= 11 is 2.72. The van der Waals surface area contributed by atoms with Crippen molar-refractivity contribution in [2.24, 2.45) is 5.73 Å².